The molecular weight excluding hydrogens is 879 g/mol. The zero-order valence-electron chi connectivity index (χ0n) is 39.6. The zero-order valence-corrected chi connectivity index (χ0v) is 39.6. The molecule has 0 aliphatic carbocycles. The summed E-state index contributed by atoms with van der Waals surface area (Å²) in [6.45, 7) is 1.56. The minimum Gasteiger partial charge on any atom is -0.394 e. The SMILES string of the molecule is CCCCC/C=C/CC/C=C/C(O)C(COC1OC(CO)C(OC2OC(CO)C(OC3OC(CO)C(O)C(O)C3O)C(O)C2O)C(O)C1O)NC(=O)CCCCCCC/C=C\CCCCCC. The first kappa shape index (κ1) is 59.3. The van der Waals surface area contributed by atoms with Crippen molar-refractivity contribution in [3.05, 3.63) is 36.5 Å². The van der Waals surface area contributed by atoms with E-state index in [1.54, 1.807) is 6.08 Å². The Morgan fingerprint density at radius 1 is 0.522 bits per heavy atom. The summed E-state index contributed by atoms with van der Waals surface area (Å²) in [5, 5.41) is 119. The van der Waals surface area contributed by atoms with Gasteiger partial charge < -0.3 is 89.9 Å². The van der Waals surface area contributed by atoms with Crippen molar-refractivity contribution in [2.45, 2.75) is 234 Å². The lowest BCUT2D eigenvalue weighted by molar-refractivity contribution is -0.379. The third-order valence-electron chi connectivity index (χ3n) is 12.4. The maximum atomic E-state index is 13.2. The van der Waals surface area contributed by atoms with Crippen molar-refractivity contribution in [3.63, 3.8) is 0 Å². The Balaban J connectivity index is 1.58. The van der Waals surface area contributed by atoms with Crippen molar-refractivity contribution >= 4 is 5.91 Å². The number of carbonyl (C=O) groups is 1. The lowest BCUT2D eigenvalue weighted by atomic mass is 9.96. The molecule has 390 valence electrons. The van der Waals surface area contributed by atoms with Gasteiger partial charge in [-0.25, -0.2) is 0 Å². The molecule has 12 N–H and O–H groups in total. The summed E-state index contributed by atoms with van der Waals surface area (Å²) in [6.07, 6.45) is 3.20. The van der Waals surface area contributed by atoms with E-state index in [0.29, 0.717) is 12.8 Å². The third kappa shape index (κ3) is 20.0. The van der Waals surface area contributed by atoms with Crippen LogP contribution in [0.3, 0.4) is 0 Å². The number of unbranched alkanes of at least 4 members (excludes halogenated alkanes) is 13. The highest BCUT2D eigenvalue weighted by Crippen LogP contribution is 2.33. The summed E-state index contributed by atoms with van der Waals surface area (Å²) in [5.74, 6) is -0.302. The molecule has 3 heterocycles. The second-order valence-corrected chi connectivity index (χ2v) is 17.9. The van der Waals surface area contributed by atoms with Crippen LogP contribution in [0.4, 0.5) is 0 Å². The van der Waals surface area contributed by atoms with Gasteiger partial charge in [0.25, 0.3) is 0 Å². The van der Waals surface area contributed by atoms with Crippen LogP contribution in [0.2, 0.25) is 0 Å². The van der Waals surface area contributed by atoms with Gasteiger partial charge in [-0.1, -0.05) is 102 Å². The molecule has 67 heavy (non-hydrogen) atoms. The highest BCUT2D eigenvalue weighted by molar-refractivity contribution is 5.76. The summed E-state index contributed by atoms with van der Waals surface area (Å²) in [6, 6.07) is -0.988. The highest BCUT2D eigenvalue weighted by Gasteiger charge is 2.53. The number of ether oxygens (including phenoxy) is 6. The quantitative estimate of drug-likeness (QED) is 0.0323. The Morgan fingerprint density at radius 2 is 0.955 bits per heavy atom. The summed E-state index contributed by atoms with van der Waals surface area (Å²) >= 11 is 0. The van der Waals surface area contributed by atoms with E-state index in [1.165, 1.54) is 32.1 Å². The lowest BCUT2D eigenvalue weighted by Crippen LogP contribution is -2.66. The number of aliphatic hydroxyl groups is 11. The average Bonchev–Trinajstić information content (AvgIpc) is 3.32. The van der Waals surface area contributed by atoms with Crippen LogP contribution in [0, 0.1) is 0 Å². The van der Waals surface area contributed by atoms with Crippen molar-refractivity contribution in [2.75, 3.05) is 26.4 Å². The second-order valence-electron chi connectivity index (χ2n) is 17.9. The number of rotatable bonds is 33. The van der Waals surface area contributed by atoms with Gasteiger partial charge in [0.15, 0.2) is 18.9 Å². The van der Waals surface area contributed by atoms with Crippen LogP contribution in [0.5, 0.6) is 0 Å². The fraction of sp³-hybridized carbons (Fsp3) is 0.854. The summed E-state index contributed by atoms with van der Waals surface area (Å²) in [7, 11) is 0. The van der Waals surface area contributed by atoms with Crippen LogP contribution in [-0.4, -0.2) is 193 Å². The van der Waals surface area contributed by atoms with Crippen LogP contribution >= 0.6 is 0 Å². The van der Waals surface area contributed by atoms with E-state index in [1.807, 2.05) is 6.08 Å². The van der Waals surface area contributed by atoms with Gasteiger partial charge in [0.2, 0.25) is 5.91 Å². The fourth-order valence-electron chi connectivity index (χ4n) is 8.20. The molecule has 3 saturated heterocycles. The van der Waals surface area contributed by atoms with Gasteiger partial charge in [-0.2, -0.15) is 0 Å². The fourth-order valence-corrected chi connectivity index (χ4v) is 8.20. The minimum absolute atomic E-state index is 0.224. The van der Waals surface area contributed by atoms with Gasteiger partial charge in [0, 0.05) is 6.42 Å². The summed E-state index contributed by atoms with van der Waals surface area (Å²) in [5.41, 5.74) is 0. The number of nitrogens with one attached hydrogen (secondary N) is 1. The van der Waals surface area contributed by atoms with Crippen LogP contribution in [0.1, 0.15) is 129 Å². The number of allylic oxidation sites excluding steroid dienone is 5. The van der Waals surface area contributed by atoms with Gasteiger partial charge in [-0.15, -0.1) is 0 Å². The molecule has 0 aromatic heterocycles. The van der Waals surface area contributed by atoms with Crippen LogP contribution < -0.4 is 5.32 Å². The average molecular weight is 964 g/mol. The molecule has 0 aromatic rings. The summed E-state index contributed by atoms with van der Waals surface area (Å²) in [4.78, 5) is 13.2. The van der Waals surface area contributed by atoms with Crippen molar-refractivity contribution in [2.24, 2.45) is 0 Å². The predicted octanol–water partition coefficient (Wildman–Crippen LogP) is 1.03. The first-order valence-electron chi connectivity index (χ1n) is 24.7. The largest absolute Gasteiger partial charge is 0.394 e. The van der Waals surface area contributed by atoms with Gasteiger partial charge in [0.1, 0.15) is 73.2 Å². The number of hydrogen-bond donors (Lipinski definition) is 12. The first-order valence-corrected chi connectivity index (χ1v) is 24.7. The normalized spacial score (nSPS) is 33.8. The van der Waals surface area contributed by atoms with Crippen LogP contribution in [0.25, 0.3) is 0 Å². The minimum atomic E-state index is -1.98. The Kier molecular flexibility index (Phi) is 29.7. The predicted molar refractivity (Wildman–Crippen MR) is 245 cm³/mol. The summed E-state index contributed by atoms with van der Waals surface area (Å²) < 4.78 is 34.0. The molecule has 3 rings (SSSR count). The molecule has 0 aromatic carbocycles. The van der Waals surface area contributed by atoms with E-state index in [-0.39, 0.29) is 18.9 Å². The molecule has 17 atom stereocenters. The number of hydrogen-bond acceptors (Lipinski definition) is 18. The Hall–Kier alpha value is -1.99. The molecule has 1 amide bonds. The smallest absolute Gasteiger partial charge is 0.220 e. The topological polar surface area (TPSA) is 307 Å². The zero-order chi connectivity index (χ0) is 49.1. The first-order chi connectivity index (χ1) is 32.3. The second kappa shape index (κ2) is 33.6. The van der Waals surface area contributed by atoms with E-state index < -0.39 is 124 Å². The molecule has 0 radical (unpaired) electrons. The third-order valence-corrected chi connectivity index (χ3v) is 12.4. The van der Waals surface area contributed by atoms with E-state index in [4.69, 9.17) is 28.4 Å². The molecule has 3 aliphatic rings. The molecule has 0 bridgehead atoms. The highest BCUT2D eigenvalue weighted by atomic mass is 16.8. The monoisotopic (exact) mass is 964 g/mol. The molecule has 0 spiro atoms. The van der Waals surface area contributed by atoms with E-state index in [2.05, 4.69) is 43.5 Å². The molecule has 0 saturated carbocycles. The van der Waals surface area contributed by atoms with Gasteiger partial charge in [0.05, 0.1) is 38.6 Å². The van der Waals surface area contributed by atoms with E-state index >= 15 is 0 Å². The van der Waals surface area contributed by atoms with E-state index in [9.17, 15) is 61.0 Å². The number of carbonyl (C=O) groups excluding carboxylic acids is 1. The Bertz CT molecular complexity index is 1390. The molecular formula is C48H85NO18. The van der Waals surface area contributed by atoms with Crippen molar-refractivity contribution in [1.82, 2.24) is 5.32 Å². The molecule has 3 fully saturated rings. The van der Waals surface area contributed by atoms with Crippen molar-refractivity contribution < 1.29 is 89.4 Å². The number of amides is 1. The Morgan fingerprint density at radius 3 is 1.52 bits per heavy atom. The molecule has 19 heteroatoms. The maximum absolute atomic E-state index is 13.2. The lowest BCUT2D eigenvalue weighted by Gasteiger charge is -2.48. The van der Waals surface area contributed by atoms with Gasteiger partial charge >= 0.3 is 0 Å². The maximum Gasteiger partial charge on any atom is 0.220 e. The van der Waals surface area contributed by atoms with Crippen LogP contribution in [0.15, 0.2) is 36.5 Å². The standard InChI is InChI=1S/C48H85NO18/c1-3-5-7-9-11-13-14-15-16-18-20-22-24-26-36(54)49-31(32(53)25-23-21-19-17-12-10-8-6-4-2)30-62-46-42(60)39(57)44(34(28-51)64-46)67-48-43(61)40(58)45(35(29-52)65-48)66-47-41(59)38(56)37(55)33(27-50)63-47/h12-14,17,23,25,31-35,37-48,50-53,55-61H,3-11,15-16,18-22,24,26-30H2,1-2H3,(H,49,54)/b14-13-,17-12+,25-23+. The Labute approximate surface area is 396 Å². The molecule has 19 nitrogen and oxygen atoms in total. The molecule has 17 unspecified atom stereocenters. The van der Waals surface area contributed by atoms with Crippen molar-refractivity contribution in [1.29, 1.82) is 0 Å². The van der Waals surface area contributed by atoms with Gasteiger partial charge in [-0.05, 0) is 57.8 Å². The van der Waals surface area contributed by atoms with E-state index in [0.717, 1.165) is 64.2 Å². The van der Waals surface area contributed by atoms with Gasteiger partial charge in [-0.3, -0.25) is 4.79 Å². The van der Waals surface area contributed by atoms with Crippen LogP contribution in [-0.2, 0) is 33.2 Å². The molecule has 3 aliphatic heterocycles. The number of aliphatic hydroxyl groups excluding tert-OH is 11. The van der Waals surface area contributed by atoms with Crippen molar-refractivity contribution in [3.8, 4) is 0 Å².